The first-order chi connectivity index (χ1) is 8.11. The normalized spacial score (nSPS) is 24.6. The van der Waals surface area contributed by atoms with E-state index >= 15 is 0 Å². The largest absolute Gasteiger partial charge is 0.351 e. The number of hydrogen-bond acceptors (Lipinski definition) is 4. The van der Waals surface area contributed by atoms with Crippen molar-refractivity contribution >= 4 is 5.82 Å². The lowest BCUT2D eigenvalue weighted by molar-refractivity contribution is 0.371. The lowest BCUT2D eigenvalue weighted by atomic mass is 9.90. The molecule has 2 N–H and O–H groups in total. The van der Waals surface area contributed by atoms with Gasteiger partial charge < -0.3 is 15.2 Å². The Morgan fingerprint density at radius 3 is 2.88 bits per heavy atom. The second kappa shape index (κ2) is 4.87. The molecule has 1 aromatic heterocycles. The van der Waals surface area contributed by atoms with Crippen LogP contribution in [0, 0.1) is 0 Å². The van der Waals surface area contributed by atoms with E-state index in [0.717, 1.165) is 12.8 Å². The Morgan fingerprint density at radius 2 is 2.18 bits per heavy atom. The second-order valence-corrected chi connectivity index (χ2v) is 4.79. The minimum absolute atomic E-state index is 0.0622. The molecule has 5 heteroatoms. The van der Waals surface area contributed by atoms with Crippen LogP contribution in [0.5, 0.6) is 0 Å². The van der Waals surface area contributed by atoms with Crippen LogP contribution in [0.15, 0.2) is 17.2 Å². The van der Waals surface area contributed by atoms with Crippen molar-refractivity contribution in [1.29, 1.82) is 0 Å². The molecule has 5 nitrogen and oxygen atoms in total. The summed E-state index contributed by atoms with van der Waals surface area (Å²) in [7, 11) is 3.65. The fourth-order valence-electron chi connectivity index (χ4n) is 2.50. The SMILES string of the molecule is CN(c1nccn(C)c1=O)C1CCCCC1N. The van der Waals surface area contributed by atoms with Gasteiger partial charge in [0.2, 0.25) is 0 Å². The van der Waals surface area contributed by atoms with E-state index in [-0.39, 0.29) is 17.6 Å². The van der Waals surface area contributed by atoms with Gasteiger partial charge in [0.25, 0.3) is 5.56 Å². The molecule has 0 radical (unpaired) electrons. The van der Waals surface area contributed by atoms with Crippen LogP contribution in [0.2, 0.25) is 0 Å². The summed E-state index contributed by atoms with van der Waals surface area (Å²) in [5, 5.41) is 0. The van der Waals surface area contributed by atoms with Gasteiger partial charge in [-0.05, 0) is 12.8 Å². The third-order valence-electron chi connectivity index (χ3n) is 3.61. The van der Waals surface area contributed by atoms with E-state index in [9.17, 15) is 4.79 Å². The standard InChI is InChI=1S/C12H20N4O/c1-15-8-7-14-11(12(15)17)16(2)10-6-4-3-5-9(10)13/h7-10H,3-6,13H2,1-2H3. The van der Waals surface area contributed by atoms with E-state index in [1.807, 2.05) is 11.9 Å². The van der Waals surface area contributed by atoms with Crippen molar-refractivity contribution in [2.75, 3.05) is 11.9 Å². The summed E-state index contributed by atoms with van der Waals surface area (Å²) < 4.78 is 1.55. The molecule has 17 heavy (non-hydrogen) atoms. The molecule has 1 aliphatic rings. The highest BCUT2D eigenvalue weighted by Crippen LogP contribution is 2.22. The van der Waals surface area contributed by atoms with Crippen LogP contribution in [0.1, 0.15) is 25.7 Å². The number of anilines is 1. The predicted octanol–water partition coefficient (Wildman–Crippen LogP) is 0.486. The number of nitrogens with zero attached hydrogens (tertiary/aromatic N) is 3. The predicted molar refractivity (Wildman–Crippen MR) is 68.1 cm³/mol. The van der Waals surface area contributed by atoms with Gasteiger partial charge in [-0.25, -0.2) is 4.98 Å². The molecule has 1 aliphatic carbocycles. The fourth-order valence-corrected chi connectivity index (χ4v) is 2.50. The van der Waals surface area contributed by atoms with Crippen molar-refractivity contribution in [3.8, 4) is 0 Å². The third-order valence-corrected chi connectivity index (χ3v) is 3.61. The first kappa shape index (κ1) is 12.1. The Morgan fingerprint density at radius 1 is 1.47 bits per heavy atom. The summed E-state index contributed by atoms with van der Waals surface area (Å²) in [6.07, 6.45) is 7.75. The summed E-state index contributed by atoms with van der Waals surface area (Å²) in [4.78, 5) is 18.1. The van der Waals surface area contributed by atoms with Gasteiger partial charge in [0, 0.05) is 38.6 Å². The van der Waals surface area contributed by atoms with E-state index in [1.54, 1.807) is 24.0 Å². The molecule has 0 aromatic carbocycles. The highest BCUT2D eigenvalue weighted by atomic mass is 16.1. The molecule has 0 bridgehead atoms. The molecule has 2 atom stereocenters. The van der Waals surface area contributed by atoms with Gasteiger partial charge in [0.1, 0.15) is 0 Å². The van der Waals surface area contributed by atoms with Crippen molar-refractivity contribution < 1.29 is 0 Å². The quantitative estimate of drug-likeness (QED) is 0.811. The van der Waals surface area contributed by atoms with E-state index < -0.39 is 0 Å². The van der Waals surface area contributed by atoms with Gasteiger partial charge in [-0.15, -0.1) is 0 Å². The highest BCUT2D eigenvalue weighted by molar-refractivity contribution is 5.36. The van der Waals surface area contributed by atoms with E-state index in [1.165, 1.54) is 12.8 Å². The summed E-state index contributed by atoms with van der Waals surface area (Å²) in [5.41, 5.74) is 6.06. The Hall–Kier alpha value is -1.36. The van der Waals surface area contributed by atoms with E-state index in [0.29, 0.717) is 5.82 Å². The molecule has 0 amide bonds. The number of hydrogen-bond donors (Lipinski definition) is 1. The van der Waals surface area contributed by atoms with Crippen molar-refractivity contribution in [3.63, 3.8) is 0 Å². The summed E-state index contributed by atoms with van der Waals surface area (Å²) in [5.74, 6) is 0.498. The van der Waals surface area contributed by atoms with Gasteiger partial charge >= 0.3 is 0 Å². The minimum Gasteiger partial charge on any atom is -0.351 e. The monoisotopic (exact) mass is 236 g/mol. The molecular weight excluding hydrogens is 216 g/mol. The topological polar surface area (TPSA) is 64.2 Å². The summed E-state index contributed by atoms with van der Waals surface area (Å²) >= 11 is 0. The summed E-state index contributed by atoms with van der Waals surface area (Å²) in [6.45, 7) is 0. The average molecular weight is 236 g/mol. The second-order valence-electron chi connectivity index (χ2n) is 4.79. The molecule has 94 valence electrons. The molecule has 0 saturated heterocycles. The molecule has 1 aromatic rings. The van der Waals surface area contributed by atoms with Crippen LogP contribution >= 0.6 is 0 Å². The van der Waals surface area contributed by atoms with Crippen LogP contribution < -0.4 is 16.2 Å². The highest BCUT2D eigenvalue weighted by Gasteiger charge is 2.27. The van der Waals surface area contributed by atoms with Crippen LogP contribution in [0.4, 0.5) is 5.82 Å². The van der Waals surface area contributed by atoms with Crippen LogP contribution in [0.25, 0.3) is 0 Å². The van der Waals surface area contributed by atoms with Gasteiger partial charge in [-0.2, -0.15) is 0 Å². The number of aromatic nitrogens is 2. The minimum atomic E-state index is -0.0622. The maximum atomic E-state index is 12.0. The zero-order valence-corrected chi connectivity index (χ0v) is 10.5. The Labute approximate surface area is 101 Å². The molecule has 1 fully saturated rings. The van der Waals surface area contributed by atoms with Gasteiger partial charge in [-0.3, -0.25) is 4.79 Å². The smallest absolute Gasteiger partial charge is 0.293 e. The molecular formula is C12H20N4O. The maximum absolute atomic E-state index is 12.0. The molecule has 2 unspecified atom stereocenters. The molecule has 0 spiro atoms. The zero-order valence-electron chi connectivity index (χ0n) is 10.5. The van der Waals surface area contributed by atoms with Gasteiger partial charge in [0.15, 0.2) is 5.82 Å². The first-order valence-electron chi connectivity index (χ1n) is 6.11. The van der Waals surface area contributed by atoms with Crippen LogP contribution in [-0.4, -0.2) is 28.7 Å². The van der Waals surface area contributed by atoms with Gasteiger partial charge in [-0.1, -0.05) is 12.8 Å². The molecule has 1 saturated carbocycles. The maximum Gasteiger partial charge on any atom is 0.293 e. The lowest BCUT2D eigenvalue weighted by Crippen LogP contribution is -2.50. The third kappa shape index (κ3) is 2.34. The Bertz CT molecular complexity index is 442. The van der Waals surface area contributed by atoms with Crippen LogP contribution in [-0.2, 0) is 7.05 Å². The van der Waals surface area contributed by atoms with Crippen molar-refractivity contribution in [2.24, 2.45) is 12.8 Å². The Balaban J connectivity index is 2.27. The average Bonchev–Trinajstić information content (AvgIpc) is 2.32. The number of aryl methyl sites for hydroxylation is 1. The number of likely N-dealkylation sites (N-methyl/N-ethyl adjacent to an activating group) is 1. The van der Waals surface area contributed by atoms with E-state index in [4.69, 9.17) is 5.73 Å². The molecule has 0 aliphatic heterocycles. The van der Waals surface area contributed by atoms with Gasteiger partial charge in [0.05, 0.1) is 0 Å². The number of rotatable bonds is 2. The summed E-state index contributed by atoms with van der Waals surface area (Å²) in [6, 6.07) is 0.367. The zero-order chi connectivity index (χ0) is 12.4. The van der Waals surface area contributed by atoms with Crippen molar-refractivity contribution in [3.05, 3.63) is 22.7 Å². The van der Waals surface area contributed by atoms with E-state index in [2.05, 4.69) is 4.98 Å². The molecule has 1 heterocycles. The van der Waals surface area contributed by atoms with Crippen LogP contribution in [0.3, 0.4) is 0 Å². The molecule has 2 rings (SSSR count). The number of nitrogens with two attached hydrogens (primary N) is 1. The first-order valence-corrected chi connectivity index (χ1v) is 6.11. The Kier molecular flexibility index (Phi) is 3.47. The van der Waals surface area contributed by atoms with Crippen molar-refractivity contribution in [1.82, 2.24) is 9.55 Å². The lowest BCUT2D eigenvalue weighted by Gasteiger charge is -2.36. The van der Waals surface area contributed by atoms with Crippen molar-refractivity contribution in [2.45, 2.75) is 37.8 Å². The fraction of sp³-hybridized carbons (Fsp3) is 0.667.